The Kier molecular flexibility index (Phi) is 16.1. The number of phosphoric ester groups is 1. The molecule has 194 valence electrons. The van der Waals surface area contributed by atoms with E-state index in [2.05, 4.69) is 6.92 Å². The van der Waals surface area contributed by atoms with Crippen molar-refractivity contribution in [3.63, 3.8) is 0 Å². The number of carbonyl (C=O) groups is 1. The smallest absolute Gasteiger partial charge is 0.461 e. The maximum absolute atomic E-state index is 13.0. The van der Waals surface area contributed by atoms with Gasteiger partial charge in [0, 0.05) is 6.42 Å². The Hall–Kier alpha value is -0.840. The molecule has 0 amide bonds. The zero-order valence-corrected chi connectivity index (χ0v) is 21.3. The highest BCUT2D eigenvalue weighted by Crippen LogP contribution is 2.55. The van der Waals surface area contributed by atoms with Gasteiger partial charge in [0.05, 0.1) is 24.7 Å². The van der Waals surface area contributed by atoms with Gasteiger partial charge in [-0.05, 0) is 12.8 Å². The van der Waals surface area contributed by atoms with E-state index in [1.807, 2.05) is 6.92 Å². The lowest BCUT2D eigenvalue weighted by atomic mass is 10.0. The SMILES string of the molecule is C.CCCCCCCCCCCCCCCCOP1(=O)OCC2COC(=O)C2=C(CCC)O1. The van der Waals surface area contributed by atoms with Gasteiger partial charge < -0.3 is 9.26 Å². The third-order valence-electron chi connectivity index (χ3n) is 6.22. The minimum absolute atomic E-state index is 0. The molecule has 0 bridgehead atoms. The summed E-state index contributed by atoms with van der Waals surface area (Å²) >= 11 is 0. The van der Waals surface area contributed by atoms with E-state index >= 15 is 0 Å². The Morgan fingerprint density at radius 2 is 1.36 bits per heavy atom. The predicted octanol–water partition coefficient (Wildman–Crippen LogP) is 8.50. The number of hydrogen-bond donors (Lipinski definition) is 0. The molecule has 0 aromatic carbocycles. The van der Waals surface area contributed by atoms with Crippen LogP contribution in [0.15, 0.2) is 11.3 Å². The molecule has 33 heavy (non-hydrogen) atoms. The van der Waals surface area contributed by atoms with E-state index in [1.165, 1.54) is 77.0 Å². The van der Waals surface area contributed by atoms with Crippen molar-refractivity contribution < 1.29 is 27.7 Å². The fraction of sp³-hybridized carbons (Fsp3) is 0.885. The van der Waals surface area contributed by atoms with Crippen LogP contribution in [-0.2, 0) is 27.7 Å². The summed E-state index contributed by atoms with van der Waals surface area (Å²) in [5, 5.41) is 0. The van der Waals surface area contributed by atoms with Gasteiger partial charge in [0.1, 0.15) is 12.4 Å². The Morgan fingerprint density at radius 3 is 1.91 bits per heavy atom. The van der Waals surface area contributed by atoms with Crippen molar-refractivity contribution in [2.24, 2.45) is 5.92 Å². The van der Waals surface area contributed by atoms with E-state index in [4.69, 9.17) is 18.3 Å². The molecular weight excluding hydrogens is 439 g/mol. The molecule has 2 atom stereocenters. The van der Waals surface area contributed by atoms with Gasteiger partial charge in [-0.2, -0.15) is 0 Å². The predicted molar refractivity (Wildman–Crippen MR) is 134 cm³/mol. The molecule has 0 spiro atoms. The Bertz CT molecular complexity index is 618. The molecular formula is C26H49O6P. The number of allylic oxidation sites excluding steroid dienone is 1. The van der Waals surface area contributed by atoms with E-state index in [9.17, 15) is 9.36 Å². The first kappa shape index (κ1) is 30.2. The molecule has 0 N–H and O–H groups in total. The van der Waals surface area contributed by atoms with Crippen molar-refractivity contribution in [3.8, 4) is 0 Å². The Balaban J connectivity index is 0.00000544. The molecule has 6 nitrogen and oxygen atoms in total. The quantitative estimate of drug-likeness (QED) is 0.109. The number of phosphoric acid groups is 1. The molecule has 0 aliphatic carbocycles. The van der Waals surface area contributed by atoms with Gasteiger partial charge in [0.2, 0.25) is 0 Å². The maximum atomic E-state index is 13.0. The van der Waals surface area contributed by atoms with E-state index in [-0.39, 0.29) is 32.5 Å². The van der Waals surface area contributed by atoms with E-state index in [0.717, 1.165) is 19.3 Å². The number of unbranched alkanes of at least 4 members (excludes halogenated alkanes) is 13. The lowest BCUT2D eigenvalue weighted by Gasteiger charge is -2.18. The van der Waals surface area contributed by atoms with Gasteiger partial charge in [0.25, 0.3) is 0 Å². The first-order valence-electron chi connectivity index (χ1n) is 13.1. The van der Waals surface area contributed by atoms with E-state index < -0.39 is 7.82 Å². The third kappa shape index (κ3) is 11.4. The normalized spacial score (nSPS) is 22.4. The van der Waals surface area contributed by atoms with Crippen LogP contribution in [0.3, 0.4) is 0 Å². The fourth-order valence-corrected chi connectivity index (χ4v) is 5.67. The van der Waals surface area contributed by atoms with Crippen molar-refractivity contribution in [1.29, 1.82) is 0 Å². The average molecular weight is 489 g/mol. The van der Waals surface area contributed by atoms with Crippen molar-refractivity contribution in [1.82, 2.24) is 0 Å². The van der Waals surface area contributed by atoms with Crippen LogP contribution in [0.5, 0.6) is 0 Å². The van der Waals surface area contributed by atoms with Gasteiger partial charge >= 0.3 is 13.8 Å². The monoisotopic (exact) mass is 488 g/mol. The minimum Gasteiger partial charge on any atom is -0.461 e. The summed E-state index contributed by atoms with van der Waals surface area (Å²) in [6.07, 6.45) is 19.3. The van der Waals surface area contributed by atoms with Crippen LogP contribution < -0.4 is 0 Å². The number of fused-ring (bicyclic) bond motifs is 1. The van der Waals surface area contributed by atoms with Crippen LogP contribution in [0, 0.1) is 5.92 Å². The number of cyclic esters (lactones) is 1. The van der Waals surface area contributed by atoms with Crippen molar-refractivity contribution in [3.05, 3.63) is 11.3 Å². The van der Waals surface area contributed by atoms with Gasteiger partial charge in [-0.3, -0.25) is 9.05 Å². The zero-order valence-electron chi connectivity index (χ0n) is 20.4. The third-order valence-corrected chi connectivity index (χ3v) is 7.63. The van der Waals surface area contributed by atoms with Crippen molar-refractivity contribution in [2.45, 2.75) is 124 Å². The summed E-state index contributed by atoms with van der Waals surface area (Å²) in [6, 6.07) is 0. The van der Waals surface area contributed by atoms with Gasteiger partial charge in [0.15, 0.2) is 0 Å². The number of esters is 1. The Labute approximate surface area is 202 Å². The summed E-state index contributed by atoms with van der Waals surface area (Å²) in [6.45, 7) is 4.98. The van der Waals surface area contributed by atoms with Crippen LogP contribution in [0.25, 0.3) is 0 Å². The Morgan fingerprint density at radius 1 is 0.818 bits per heavy atom. The highest BCUT2D eigenvalue weighted by atomic mass is 31.2. The number of hydrogen-bond acceptors (Lipinski definition) is 6. The minimum atomic E-state index is -3.68. The van der Waals surface area contributed by atoms with Crippen LogP contribution in [0.1, 0.15) is 124 Å². The molecule has 0 radical (unpaired) electrons. The second-order valence-electron chi connectivity index (χ2n) is 9.15. The van der Waals surface area contributed by atoms with Gasteiger partial charge in [-0.25, -0.2) is 9.36 Å². The first-order chi connectivity index (χ1) is 15.6. The maximum Gasteiger partial charge on any atom is 0.529 e. The number of ether oxygens (including phenoxy) is 1. The molecule has 7 heteroatoms. The topological polar surface area (TPSA) is 71.1 Å². The molecule has 2 aliphatic heterocycles. The number of rotatable bonds is 18. The molecule has 0 saturated carbocycles. The van der Waals surface area contributed by atoms with Crippen molar-refractivity contribution in [2.75, 3.05) is 19.8 Å². The lowest BCUT2D eigenvalue weighted by Crippen LogP contribution is -2.10. The van der Waals surface area contributed by atoms with Gasteiger partial charge in [-0.15, -0.1) is 0 Å². The molecule has 1 saturated heterocycles. The summed E-state index contributed by atoms with van der Waals surface area (Å²) in [5.41, 5.74) is 0.477. The molecule has 0 aromatic heterocycles. The fourth-order valence-electron chi connectivity index (χ4n) is 4.31. The first-order valence-corrected chi connectivity index (χ1v) is 14.5. The molecule has 2 heterocycles. The largest absolute Gasteiger partial charge is 0.529 e. The van der Waals surface area contributed by atoms with Crippen LogP contribution in [-0.4, -0.2) is 25.8 Å². The lowest BCUT2D eigenvalue weighted by molar-refractivity contribution is -0.135. The molecule has 0 aromatic rings. The van der Waals surface area contributed by atoms with E-state index in [0.29, 0.717) is 24.4 Å². The van der Waals surface area contributed by atoms with Crippen molar-refractivity contribution >= 4 is 13.8 Å². The number of carbonyl (C=O) groups excluding carboxylic acids is 1. The zero-order chi connectivity index (χ0) is 23.1. The van der Waals surface area contributed by atoms with E-state index in [1.54, 1.807) is 0 Å². The summed E-state index contributed by atoms with van der Waals surface area (Å²) < 4.78 is 34.7. The summed E-state index contributed by atoms with van der Waals surface area (Å²) in [5.74, 6) is -0.186. The highest BCUT2D eigenvalue weighted by molar-refractivity contribution is 7.48. The molecule has 2 aliphatic rings. The second-order valence-corrected chi connectivity index (χ2v) is 10.7. The average Bonchev–Trinajstić information content (AvgIpc) is 3.08. The molecule has 2 unspecified atom stereocenters. The molecule has 2 rings (SSSR count). The standard InChI is InChI=1S/C25H45O6P.CH4/c1-3-5-6-7-8-9-10-11-12-13-14-15-16-17-19-29-32(27)30-21-22-20-28-25(26)24(22)23(31-32)18-4-2;/h22H,3-21H2,1-2H3;1H4. The second kappa shape index (κ2) is 17.6. The van der Waals surface area contributed by atoms with Gasteiger partial charge in [-0.1, -0.05) is 105 Å². The van der Waals surface area contributed by atoms with Crippen LogP contribution >= 0.6 is 7.82 Å². The summed E-state index contributed by atoms with van der Waals surface area (Å²) in [4.78, 5) is 12.0. The highest BCUT2D eigenvalue weighted by Gasteiger charge is 2.43. The summed E-state index contributed by atoms with van der Waals surface area (Å²) in [7, 11) is -3.68. The molecule has 1 fully saturated rings. The van der Waals surface area contributed by atoms with Crippen LogP contribution in [0.2, 0.25) is 0 Å². The van der Waals surface area contributed by atoms with Crippen LogP contribution in [0.4, 0.5) is 0 Å².